The summed E-state index contributed by atoms with van der Waals surface area (Å²) in [6.45, 7) is 15.9. The van der Waals surface area contributed by atoms with E-state index in [1.807, 2.05) is 13.0 Å². The molecule has 1 fully saturated rings. The number of aromatic nitrogens is 3. The molecule has 16 nitrogen and oxygen atoms in total. The Hall–Kier alpha value is -5.42. The number of primary sulfonamides is 1. The first-order valence-electron chi connectivity index (χ1n) is 17.2. The number of nitrogens with two attached hydrogens (primary N) is 2. The molecule has 0 saturated heterocycles. The quantitative estimate of drug-likeness (QED) is 0.0130. The van der Waals surface area contributed by atoms with Crippen LogP contribution in [0.1, 0.15) is 49.5 Å². The Labute approximate surface area is 322 Å². The maximum atomic E-state index is 13.7. The minimum atomic E-state index is -3.92. The molecular weight excluding hydrogens is 749 g/mol. The largest absolute Gasteiger partial charge is 0.473 e. The number of hydrogen-bond acceptors (Lipinski definition) is 13. The number of sulfonamides is 1. The van der Waals surface area contributed by atoms with Crippen LogP contribution in [0.25, 0.3) is 21.9 Å². The Morgan fingerprint density at radius 2 is 1.87 bits per heavy atom. The predicted octanol–water partition coefficient (Wildman–Crippen LogP) is 7.08. The summed E-state index contributed by atoms with van der Waals surface area (Å²) in [5.41, 5.74) is 2.85. The normalized spacial score (nSPS) is 18.6. The lowest BCUT2D eigenvalue weighted by molar-refractivity contribution is -0.195. The summed E-state index contributed by atoms with van der Waals surface area (Å²) in [6, 6.07) is 16.4. The molecule has 1 aliphatic rings. The molecule has 0 radical (unpaired) electrons. The van der Waals surface area contributed by atoms with Crippen LogP contribution < -0.4 is 25.8 Å². The Morgan fingerprint density at radius 1 is 1.13 bits per heavy atom. The minimum absolute atomic E-state index is 0.0574. The molecule has 1 aliphatic carbocycles. The minimum Gasteiger partial charge on any atom is -0.473 e. The van der Waals surface area contributed by atoms with Crippen molar-refractivity contribution >= 4 is 57.1 Å². The molecule has 0 amide bonds. The monoisotopic (exact) mass is 788 g/mol. The summed E-state index contributed by atoms with van der Waals surface area (Å²) in [5.74, 6) is 6.38. The number of fused-ring (bicyclic) bond motifs is 1. The van der Waals surface area contributed by atoms with Gasteiger partial charge in [0, 0.05) is 28.4 Å². The number of carbonyl (C=O) groups is 1. The smallest absolute Gasteiger partial charge is 0.331 e. The second-order valence-corrected chi connectivity index (χ2v) is 15.7. The van der Waals surface area contributed by atoms with Crippen LogP contribution >= 0.6 is 12.0 Å². The zero-order valence-electron chi connectivity index (χ0n) is 30.4. The number of benzene rings is 3. The lowest BCUT2D eigenvalue weighted by atomic mass is 9.75. The van der Waals surface area contributed by atoms with Gasteiger partial charge >= 0.3 is 5.97 Å². The van der Waals surface area contributed by atoms with Gasteiger partial charge in [0.05, 0.1) is 29.2 Å². The van der Waals surface area contributed by atoms with Crippen molar-refractivity contribution in [3.05, 3.63) is 89.4 Å². The first kappa shape index (κ1) is 39.3. The van der Waals surface area contributed by atoms with Crippen LogP contribution in [0.15, 0.2) is 81.6 Å². The highest BCUT2D eigenvalue weighted by molar-refractivity contribution is 7.94. The average molecular weight is 789 g/mol. The molecule has 55 heavy (non-hydrogen) atoms. The Bertz CT molecular complexity index is 2360. The third-order valence-corrected chi connectivity index (χ3v) is 10.8. The summed E-state index contributed by atoms with van der Waals surface area (Å²) in [7, 11) is -3.92. The molecule has 2 aromatic heterocycles. The van der Waals surface area contributed by atoms with E-state index in [4.69, 9.17) is 41.1 Å². The van der Waals surface area contributed by atoms with E-state index in [-0.39, 0.29) is 52.2 Å². The van der Waals surface area contributed by atoms with Gasteiger partial charge in [0.2, 0.25) is 15.7 Å². The lowest BCUT2D eigenvalue weighted by Gasteiger charge is -2.37. The molecule has 18 heteroatoms. The van der Waals surface area contributed by atoms with Crippen LogP contribution in [0, 0.1) is 31.2 Å². The zero-order valence-corrected chi connectivity index (χ0v) is 32.0. The lowest BCUT2D eigenvalue weighted by Crippen LogP contribution is -2.37. The molecular formula is C37H40N8O8S2. The number of esters is 1. The molecule has 6 rings (SSSR count). The van der Waals surface area contributed by atoms with Crippen molar-refractivity contribution in [3.8, 4) is 22.9 Å². The molecule has 5 aromatic rings. The second-order valence-electron chi connectivity index (χ2n) is 13.4. The maximum Gasteiger partial charge on any atom is 0.331 e. The molecule has 0 aliphatic heterocycles. The predicted molar refractivity (Wildman–Crippen MR) is 206 cm³/mol. The summed E-state index contributed by atoms with van der Waals surface area (Å²) in [6.07, 6.45) is 4.43. The van der Waals surface area contributed by atoms with Crippen molar-refractivity contribution < 1.29 is 36.7 Å². The van der Waals surface area contributed by atoms with Crippen LogP contribution in [-0.4, -0.2) is 48.2 Å². The SMILES string of the molecule is [C-]#[N+]c1cn2[nH]c(-c3cc(N=COc4cccc(SOON)c4)c(C)c(NCOc4cccc(S(N)(=O)=O)c4)c3)nc2c1C(=O)OC1C(C)CC(C)CC1C. The van der Waals surface area contributed by atoms with Gasteiger partial charge in [-0.25, -0.2) is 33.2 Å². The van der Waals surface area contributed by atoms with Gasteiger partial charge in [0.15, 0.2) is 24.6 Å². The van der Waals surface area contributed by atoms with Crippen LogP contribution in [0.2, 0.25) is 0 Å². The fraction of sp³-hybridized carbons (Fsp3) is 0.297. The van der Waals surface area contributed by atoms with Gasteiger partial charge in [-0.05, 0) is 85.5 Å². The van der Waals surface area contributed by atoms with Crippen molar-refractivity contribution in [2.75, 3.05) is 12.0 Å². The molecule has 0 spiro atoms. The van der Waals surface area contributed by atoms with Gasteiger partial charge in [0.1, 0.15) is 23.2 Å². The Morgan fingerprint density at radius 3 is 2.60 bits per heavy atom. The number of nitrogens with zero attached hydrogens (tertiary/aromatic N) is 4. The van der Waals surface area contributed by atoms with E-state index in [1.165, 1.54) is 35.3 Å². The fourth-order valence-corrected chi connectivity index (χ4v) is 7.80. The van der Waals surface area contributed by atoms with E-state index < -0.39 is 16.0 Å². The van der Waals surface area contributed by atoms with E-state index >= 15 is 0 Å². The van der Waals surface area contributed by atoms with Gasteiger partial charge < -0.3 is 19.5 Å². The van der Waals surface area contributed by atoms with Crippen molar-refractivity contribution in [2.45, 2.75) is 56.4 Å². The van der Waals surface area contributed by atoms with Crippen molar-refractivity contribution in [2.24, 2.45) is 33.8 Å². The number of carbonyl (C=O) groups excluding carboxylic acids is 1. The van der Waals surface area contributed by atoms with E-state index in [0.29, 0.717) is 44.9 Å². The number of H-pyrrole nitrogens is 1. The van der Waals surface area contributed by atoms with Gasteiger partial charge in [-0.3, -0.25) is 9.61 Å². The van der Waals surface area contributed by atoms with Crippen molar-refractivity contribution in [1.29, 1.82) is 0 Å². The molecule has 3 aromatic carbocycles. The van der Waals surface area contributed by atoms with Crippen molar-refractivity contribution in [1.82, 2.24) is 14.6 Å². The second kappa shape index (κ2) is 16.9. The highest BCUT2D eigenvalue weighted by Gasteiger charge is 2.35. The van der Waals surface area contributed by atoms with Gasteiger partial charge in [-0.15, -0.1) is 9.32 Å². The maximum absolute atomic E-state index is 13.7. The number of ether oxygens (including phenoxy) is 3. The summed E-state index contributed by atoms with van der Waals surface area (Å²) < 4.78 is 47.6. The third kappa shape index (κ3) is 9.28. The van der Waals surface area contributed by atoms with E-state index in [1.54, 1.807) is 36.4 Å². The standard InChI is InChI=1S/C37H40N8O8S2/c1-21-12-22(2)34(23(3)13-21)51-37(46)33-32(40-5)18-45-36(33)43-35(44-45)25-14-30(41-19-49-26-8-6-10-28(16-26)54-53-52-38)24(4)31(15-25)42-20-50-27-9-7-11-29(17-27)55(39,47)48/h6-11,14-19,21-23,34,42H,12-13,20,38H2,1-4H3,(H,43,44)(H2,39,47,48). The number of anilines is 1. The molecule has 2 unspecified atom stereocenters. The van der Waals surface area contributed by atoms with Crippen LogP contribution in [0.4, 0.5) is 17.1 Å². The topological polar surface area (TPSA) is 211 Å². The van der Waals surface area contributed by atoms with Gasteiger partial charge in [0.25, 0.3) is 0 Å². The molecule has 1 saturated carbocycles. The molecule has 2 atom stereocenters. The van der Waals surface area contributed by atoms with E-state index in [9.17, 15) is 13.2 Å². The number of aliphatic imine (C=N–C) groups is 1. The van der Waals surface area contributed by atoms with Crippen LogP contribution in [-0.2, 0) is 24.1 Å². The van der Waals surface area contributed by atoms with Crippen molar-refractivity contribution in [3.63, 3.8) is 0 Å². The fourth-order valence-electron chi connectivity index (χ4n) is 6.84. The molecule has 2 heterocycles. The summed E-state index contributed by atoms with van der Waals surface area (Å²) in [4.78, 5) is 31.4. The van der Waals surface area contributed by atoms with Gasteiger partial charge in [-0.2, -0.15) is 5.90 Å². The number of hydrogen-bond donors (Lipinski definition) is 4. The average Bonchev–Trinajstić information content (AvgIpc) is 3.71. The van der Waals surface area contributed by atoms with Crippen LogP contribution in [0.3, 0.4) is 0 Å². The number of rotatable bonds is 14. The highest BCUT2D eigenvalue weighted by atomic mass is 32.2. The van der Waals surface area contributed by atoms with Gasteiger partial charge in [-0.1, -0.05) is 32.9 Å². The first-order valence-corrected chi connectivity index (χ1v) is 19.5. The highest BCUT2D eigenvalue weighted by Crippen LogP contribution is 2.38. The van der Waals surface area contributed by atoms with E-state index in [0.717, 1.165) is 24.9 Å². The number of nitrogens with one attached hydrogen (secondary N) is 2. The summed E-state index contributed by atoms with van der Waals surface area (Å²) >= 11 is 0.907. The van der Waals surface area contributed by atoms with Crippen LogP contribution in [0.5, 0.6) is 11.5 Å². The Balaban J connectivity index is 1.31. The first-order chi connectivity index (χ1) is 26.3. The third-order valence-electron chi connectivity index (χ3n) is 9.29. The molecule has 288 valence electrons. The summed E-state index contributed by atoms with van der Waals surface area (Å²) in [5, 5.41) is 11.7. The molecule has 0 bridgehead atoms. The zero-order chi connectivity index (χ0) is 39.3. The van der Waals surface area contributed by atoms with E-state index in [2.05, 4.69) is 46.0 Å². The number of aromatic amines is 1. The molecule has 6 N–H and O–H groups in total. The Kier molecular flexibility index (Phi) is 12.1.